The molecule has 0 aromatic heterocycles. The molecule has 4 nitrogen and oxygen atoms in total. The van der Waals surface area contributed by atoms with Gasteiger partial charge < -0.3 is 10.6 Å². The zero-order valence-corrected chi connectivity index (χ0v) is 8.99. The molecule has 2 saturated carbocycles. The Morgan fingerprint density at radius 1 is 1.33 bits per heavy atom. The van der Waals surface area contributed by atoms with Gasteiger partial charge in [-0.25, -0.2) is 0 Å². The number of rotatable bonds is 2. The molecule has 4 heteroatoms. The molecule has 2 amide bonds. The van der Waals surface area contributed by atoms with Gasteiger partial charge in [0.15, 0.2) is 0 Å². The van der Waals surface area contributed by atoms with E-state index >= 15 is 0 Å². The van der Waals surface area contributed by atoms with Crippen LogP contribution in [0.2, 0.25) is 0 Å². The van der Waals surface area contributed by atoms with E-state index in [0.29, 0.717) is 6.42 Å². The summed E-state index contributed by atoms with van der Waals surface area (Å²) in [6, 6.07) is -0.276. The topological polar surface area (TPSA) is 58.2 Å². The molecule has 0 saturated heterocycles. The van der Waals surface area contributed by atoms with E-state index in [2.05, 4.69) is 10.6 Å². The van der Waals surface area contributed by atoms with Crippen molar-refractivity contribution in [2.75, 3.05) is 7.05 Å². The smallest absolute Gasteiger partial charge is 0.225 e. The van der Waals surface area contributed by atoms with Crippen molar-refractivity contribution < 1.29 is 12.3 Å². The largest absolute Gasteiger partial charge is 0.359 e. The molecule has 0 spiro atoms. The predicted octanol–water partition coefficient (Wildman–Crippen LogP) is 0.283. The van der Waals surface area contributed by atoms with Crippen LogP contribution >= 0.6 is 0 Å². The van der Waals surface area contributed by atoms with E-state index in [4.69, 9.17) is 2.74 Å². The van der Waals surface area contributed by atoms with Gasteiger partial charge in [0.2, 0.25) is 11.8 Å². The highest BCUT2D eigenvalue weighted by Crippen LogP contribution is 2.48. The Labute approximate surface area is 92.6 Å². The summed E-state index contributed by atoms with van der Waals surface area (Å²) in [7, 11) is 1.57. The Kier molecular flexibility index (Phi) is 2.08. The average molecular weight is 212 g/mol. The van der Waals surface area contributed by atoms with Crippen LogP contribution in [0.4, 0.5) is 0 Å². The van der Waals surface area contributed by atoms with Gasteiger partial charge in [-0.05, 0) is 31.1 Å². The molecule has 15 heavy (non-hydrogen) atoms. The normalized spacial score (nSPS) is 49.5. The first-order valence-electron chi connectivity index (χ1n) is 6.46. The third-order valence-electron chi connectivity index (χ3n) is 3.38. The molecular formula is C11H18N2O2. The number of carbonyl (C=O) groups is 2. The summed E-state index contributed by atoms with van der Waals surface area (Å²) in [5.74, 6) is -0.809. The minimum atomic E-state index is -0.507. The Morgan fingerprint density at radius 3 is 2.60 bits per heavy atom. The van der Waals surface area contributed by atoms with Crippen LogP contribution in [0, 0.1) is 17.8 Å². The van der Waals surface area contributed by atoms with Gasteiger partial charge in [0.05, 0.1) is 5.92 Å². The van der Waals surface area contributed by atoms with Crippen LogP contribution in [0.25, 0.3) is 0 Å². The van der Waals surface area contributed by atoms with E-state index < -0.39 is 12.8 Å². The van der Waals surface area contributed by atoms with E-state index in [9.17, 15) is 9.59 Å². The molecule has 0 aromatic rings. The van der Waals surface area contributed by atoms with Crippen LogP contribution in [-0.2, 0) is 9.59 Å². The molecule has 0 radical (unpaired) electrons. The third kappa shape index (κ3) is 1.73. The van der Waals surface area contributed by atoms with Crippen LogP contribution in [0.5, 0.6) is 0 Å². The number of nitrogens with one attached hydrogen (secondary N) is 2. The zero-order chi connectivity index (χ0) is 12.7. The van der Waals surface area contributed by atoms with E-state index in [1.165, 1.54) is 6.92 Å². The van der Waals surface area contributed by atoms with E-state index in [0.717, 1.165) is 0 Å². The van der Waals surface area contributed by atoms with Gasteiger partial charge in [-0.15, -0.1) is 0 Å². The van der Waals surface area contributed by atoms with Crippen molar-refractivity contribution in [1.29, 1.82) is 0 Å². The third-order valence-corrected chi connectivity index (χ3v) is 3.38. The molecular weight excluding hydrogens is 192 g/mol. The quantitative estimate of drug-likeness (QED) is 0.691. The van der Waals surface area contributed by atoms with Gasteiger partial charge in [0.25, 0.3) is 0 Å². The van der Waals surface area contributed by atoms with Crippen LogP contribution in [-0.4, -0.2) is 24.9 Å². The minimum absolute atomic E-state index is 0.0614. The maximum atomic E-state index is 11.8. The van der Waals surface area contributed by atoms with E-state index in [1.807, 2.05) is 0 Å². The Balaban J connectivity index is 2.23. The fourth-order valence-corrected chi connectivity index (χ4v) is 2.78. The van der Waals surface area contributed by atoms with E-state index in [-0.39, 0.29) is 35.6 Å². The van der Waals surface area contributed by atoms with Crippen molar-refractivity contribution in [3.05, 3.63) is 0 Å². The van der Waals surface area contributed by atoms with Crippen molar-refractivity contribution in [3.63, 3.8) is 0 Å². The first kappa shape index (κ1) is 8.13. The lowest BCUT2D eigenvalue weighted by atomic mass is 9.83. The molecule has 2 unspecified atom stereocenters. The summed E-state index contributed by atoms with van der Waals surface area (Å²) in [5.41, 5.74) is 0. The molecule has 0 aliphatic heterocycles. The number of hydrogen-bond donors (Lipinski definition) is 2. The first-order chi connectivity index (χ1) is 7.97. The summed E-state index contributed by atoms with van der Waals surface area (Å²) < 4.78 is 15.8. The van der Waals surface area contributed by atoms with E-state index in [1.54, 1.807) is 7.05 Å². The van der Waals surface area contributed by atoms with Crippen molar-refractivity contribution in [2.24, 2.45) is 17.8 Å². The van der Waals surface area contributed by atoms with Crippen molar-refractivity contribution in [2.45, 2.75) is 32.2 Å². The van der Waals surface area contributed by atoms with Gasteiger partial charge in [-0.1, -0.05) is 0 Å². The maximum absolute atomic E-state index is 11.8. The molecule has 6 atom stereocenters. The summed E-state index contributed by atoms with van der Waals surface area (Å²) in [6.07, 6.45) is -0.296. The van der Waals surface area contributed by atoms with Crippen molar-refractivity contribution >= 4 is 11.8 Å². The standard InChI is InChI=1S/C11H18N2O2/c1-6(14)13-10-8-4-3-7(5-8)9(10)11(15)12-2/h7-10H,3-5H2,1-2H3,(H,12,15)(H,13,14)/t7-,8+,9+,10-/m1/s1/i3D,4D/t3?,4?,7-,8+,9+,10-. The monoisotopic (exact) mass is 212 g/mol. The molecule has 0 heterocycles. The van der Waals surface area contributed by atoms with Crippen LogP contribution in [0.15, 0.2) is 0 Å². The molecule has 2 bridgehead atoms. The van der Waals surface area contributed by atoms with Gasteiger partial charge >= 0.3 is 0 Å². The van der Waals surface area contributed by atoms with Gasteiger partial charge in [-0.2, -0.15) is 0 Å². The Bertz CT molecular complexity index is 350. The minimum Gasteiger partial charge on any atom is -0.359 e. The summed E-state index contributed by atoms with van der Waals surface area (Å²) in [5, 5.41) is 5.38. The number of hydrogen-bond acceptors (Lipinski definition) is 2. The fraction of sp³-hybridized carbons (Fsp3) is 0.818. The second-order valence-corrected chi connectivity index (χ2v) is 4.31. The van der Waals surface area contributed by atoms with Gasteiger partial charge in [0.1, 0.15) is 0 Å². The van der Waals surface area contributed by atoms with Crippen LogP contribution < -0.4 is 10.6 Å². The Hall–Kier alpha value is -1.06. The lowest BCUT2D eigenvalue weighted by molar-refractivity contribution is -0.128. The first-order valence-corrected chi connectivity index (χ1v) is 5.30. The van der Waals surface area contributed by atoms with Gasteiger partial charge in [0, 0.05) is 22.8 Å². The second-order valence-electron chi connectivity index (χ2n) is 4.31. The van der Waals surface area contributed by atoms with Crippen LogP contribution in [0.1, 0.15) is 28.9 Å². The molecule has 0 aromatic carbocycles. The molecule has 2 fully saturated rings. The lowest BCUT2D eigenvalue weighted by Gasteiger charge is -2.30. The SMILES string of the molecule is [2H]C1C([2H])[C@@H]2C[C@H]1[C@@H](NC(C)=O)[C@H]2C(=O)NC. The Morgan fingerprint density at radius 2 is 2.00 bits per heavy atom. The molecule has 2 aliphatic rings. The number of amides is 2. The molecule has 2 N–H and O–H groups in total. The lowest BCUT2D eigenvalue weighted by Crippen LogP contribution is -2.48. The van der Waals surface area contributed by atoms with Crippen molar-refractivity contribution in [3.8, 4) is 0 Å². The maximum Gasteiger partial charge on any atom is 0.225 e. The summed E-state index contributed by atoms with van der Waals surface area (Å²) >= 11 is 0. The zero-order valence-electron chi connectivity index (χ0n) is 11.0. The summed E-state index contributed by atoms with van der Waals surface area (Å²) in [6.45, 7) is 1.42. The fourth-order valence-electron chi connectivity index (χ4n) is 2.78. The molecule has 84 valence electrons. The summed E-state index contributed by atoms with van der Waals surface area (Å²) in [4.78, 5) is 23.0. The average Bonchev–Trinajstić information content (AvgIpc) is 2.76. The second kappa shape index (κ2) is 3.83. The van der Waals surface area contributed by atoms with Gasteiger partial charge in [-0.3, -0.25) is 9.59 Å². The predicted molar refractivity (Wildman–Crippen MR) is 56.0 cm³/mol. The highest BCUT2D eigenvalue weighted by molar-refractivity contribution is 5.81. The number of fused-ring (bicyclic) bond motifs is 2. The molecule has 2 aliphatic carbocycles. The van der Waals surface area contributed by atoms with Crippen molar-refractivity contribution in [1.82, 2.24) is 10.6 Å². The number of carbonyl (C=O) groups excluding carboxylic acids is 2. The highest BCUT2D eigenvalue weighted by atomic mass is 16.2. The van der Waals surface area contributed by atoms with Crippen LogP contribution in [0.3, 0.4) is 0 Å². The molecule has 2 rings (SSSR count). The highest BCUT2D eigenvalue weighted by Gasteiger charge is 2.50.